The van der Waals surface area contributed by atoms with Gasteiger partial charge in [0.25, 0.3) is 0 Å². The van der Waals surface area contributed by atoms with E-state index in [1.54, 1.807) is 19.6 Å². The van der Waals surface area contributed by atoms with Gasteiger partial charge in [-0.25, -0.2) is 9.97 Å². The SMILES string of the molecule is COC1C=CC=CN1CNCCCN(C)c1cc(C)nc(-n2ccnc2)n1. The van der Waals surface area contributed by atoms with Crippen molar-refractivity contribution < 1.29 is 4.74 Å². The summed E-state index contributed by atoms with van der Waals surface area (Å²) in [7, 11) is 3.77. The minimum atomic E-state index is -0.00392. The molecule has 144 valence electrons. The minimum Gasteiger partial charge on any atom is -0.359 e. The van der Waals surface area contributed by atoms with E-state index >= 15 is 0 Å². The molecule has 0 aromatic carbocycles. The monoisotopic (exact) mass is 369 g/mol. The Kier molecular flexibility index (Phi) is 6.56. The molecule has 1 N–H and O–H groups in total. The van der Waals surface area contributed by atoms with Crippen molar-refractivity contribution in [3.05, 3.63) is 54.9 Å². The van der Waals surface area contributed by atoms with Crippen LogP contribution in [0.15, 0.2) is 49.2 Å². The Balaban J connectivity index is 1.46. The van der Waals surface area contributed by atoms with Crippen molar-refractivity contribution in [3.63, 3.8) is 0 Å². The van der Waals surface area contributed by atoms with Gasteiger partial charge in [-0.1, -0.05) is 6.08 Å². The van der Waals surface area contributed by atoms with Gasteiger partial charge in [-0.15, -0.1) is 0 Å². The van der Waals surface area contributed by atoms with E-state index in [9.17, 15) is 0 Å². The molecule has 0 amide bonds. The first-order chi connectivity index (χ1) is 13.2. The maximum absolute atomic E-state index is 5.43. The molecule has 1 atom stereocenters. The number of nitrogens with one attached hydrogen (secondary N) is 1. The van der Waals surface area contributed by atoms with E-state index in [1.165, 1.54) is 0 Å². The molecule has 3 rings (SSSR count). The van der Waals surface area contributed by atoms with Gasteiger partial charge in [0, 0.05) is 51.1 Å². The molecule has 8 heteroatoms. The lowest BCUT2D eigenvalue weighted by Crippen LogP contribution is -2.39. The van der Waals surface area contributed by atoms with Crippen LogP contribution in [0.2, 0.25) is 0 Å². The second-order valence-electron chi connectivity index (χ2n) is 6.44. The number of allylic oxidation sites excluding steroid dienone is 2. The van der Waals surface area contributed by atoms with E-state index in [-0.39, 0.29) is 6.23 Å². The summed E-state index contributed by atoms with van der Waals surface area (Å²) < 4.78 is 7.25. The summed E-state index contributed by atoms with van der Waals surface area (Å²) in [5.74, 6) is 1.55. The number of aryl methyl sites for hydroxylation is 1. The highest BCUT2D eigenvalue weighted by Crippen LogP contribution is 2.13. The summed E-state index contributed by atoms with van der Waals surface area (Å²) in [6, 6.07) is 2.00. The molecule has 0 saturated carbocycles. The average Bonchev–Trinajstić information content (AvgIpc) is 3.22. The number of rotatable bonds is 9. The molecule has 0 spiro atoms. The Bertz CT molecular complexity index is 772. The first-order valence-corrected chi connectivity index (χ1v) is 9.07. The topological polar surface area (TPSA) is 71.3 Å². The lowest BCUT2D eigenvalue weighted by atomic mass is 10.3. The third kappa shape index (κ3) is 5.15. The predicted octanol–water partition coefficient (Wildman–Crippen LogP) is 1.70. The maximum Gasteiger partial charge on any atom is 0.237 e. The van der Waals surface area contributed by atoms with E-state index in [1.807, 2.05) is 48.2 Å². The van der Waals surface area contributed by atoms with Gasteiger partial charge in [-0.2, -0.15) is 4.98 Å². The Morgan fingerprint density at radius 3 is 2.96 bits per heavy atom. The van der Waals surface area contributed by atoms with Crippen LogP contribution in [0.1, 0.15) is 12.1 Å². The molecule has 1 aliphatic heterocycles. The van der Waals surface area contributed by atoms with Crippen molar-refractivity contribution in [3.8, 4) is 5.95 Å². The number of ether oxygens (including phenoxy) is 1. The van der Waals surface area contributed by atoms with E-state index < -0.39 is 0 Å². The second-order valence-corrected chi connectivity index (χ2v) is 6.44. The Morgan fingerprint density at radius 1 is 1.30 bits per heavy atom. The van der Waals surface area contributed by atoms with Crippen LogP contribution in [0.25, 0.3) is 5.95 Å². The Labute approximate surface area is 160 Å². The zero-order valence-electron chi connectivity index (χ0n) is 16.1. The van der Waals surface area contributed by atoms with Crippen molar-refractivity contribution in [1.82, 2.24) is 29.7 Å². The highest BCUT2D eigenvalue weighted by Gasteiger charge is 2.12. The van der Waals surface area contributed by atoms with Crippen LogP contribution in [-0.2, 0) is 4.74 Å². The van der Waals surface area contributed by atoms with Gasteiger partial charge in [0.05, 0.1) is 6.67 Å². The maximum atomic E-state index is 5.43. The van der Waals surface area contributed by atoms with E-state index in [0.717, 1.165) is 37.7 Å². The third-order valence-corrected chi connectivity index (χ3v) is 4.33. The molecule has 27 heavy (non-hydrogen) atoms. The fourth-order valence-corrected chi connectivity index (χ4v) is 2.86. The van der Waals surface area contributed by atoms with Gasteiger partial charge in [-0.3, -0.25) is 9.88 Å². The summed E-state index contributed by atoms with van der Waals surface area (Å²) in [5, 5.41) is 3.46. The molecule has 1 aliphatic rings. The summed E-state index contributed by atoms with van der Waals surface area (Å²) in [4.78, 5) is 17.5. The molecular formula is C19H27N7O. The number of hydrogen-bond acceptors (Lipinski definition) is 7. The molecule has 8 nitrogen and oxygen atoms in total. The minimum absolute atomic E-state index is 0.00392. The van der Waals surface area contributed by atoms with E-state index in [2.05, 4.69) is 37.1 Å². The summed E-state index contributed by atoms with van der Waals surface area (Å²) in [6.07, 6.45) is 14.4. The summed E-state index contributed by atoms with van der Waals surface area (Å²) in [5.41, 5.74) is 0.934. The lowest BCUT2D eigenvalue weighted by Gasteiger charge is -2.29. The predicted molar refractivity (Wildman–Crippen MR) is 106 cm³/mol. The number of methoxy groups -OCH3 is 1. The molecular weight excluding hydrogens is 342 g/mol. The zero-order valence-corrected chi connectivity index (χ0v) is 16.1. The Morgan fingerprint density at radius 2 is 2.19 bits per heavy atom. The van der Waals surface area contributed by atoms with Crippen LogP contribution in [0, 0.1) is 6.92 Å². The largest absolute Gasteiger partial charge is 0.359 e. The quantitative estimate of drug-likeness (QED) is 0.675. The van der Waals surface area contributed by atoms with Gasteiger partial charge in [-0.05, 0) is 32.0 Å². The number of hydrogen-bond donors (Lipinski definition) is 1. The van der Waals surface area contributed by atoms with Crippen LogP contribution in [0.3, 0.4) is 0 Å². The van der Waals surface area contributed by atoms with E-state index in [0.29, 0.717) is 5.95 Å². The van der Waals surface area contributed by atoms with Crippen molar-refractivity contribution >= 4 is 5.82 Å². The van der Waals surface area contributed by atoms with Crippen molar-refractivity contribution in [2.75, 3.05) is 38.8 Å². The van der Waals surface area contributed by atoms with Crippen molar-refractivity contribution in [2.24, 2.45) is 0 Å². The van der Waals surface area contributed by atoms with Crippen LogP contribution < -0.4 is 10.2 Å². The van der Waals surface area contributed by atoms with Crippen LogP contribution in [0.5, 0.6) is 0 Å². The molecule has 3 heterocycles. The van der Waals surface area contributed by atoms with Crippen LogP contribution in [-0.4, -0.2) is 64.6 Å². The molecule has 0 saturated heterocycles. The molecule has 2 aromatic rings. The first-order valence-electron chi connectivity index (χ1n) is 9.07. The number of imidazole rings is 1. The smallest absolute Gasteiger partial charge is 0.237 e. The van der Waals surface area contributed by atoms with Gasteiger partial charge in [0.15, 0.2) is 0 Å². The molecule has 1 unspecified atom stereocenters. The van der Waals surface area contributed by atoms with Crippen molar-refractivity contribution in [2.45, 2.75) is 19.6 Å². The summed E-state index contributed by atoms with van der Waals surface area (Å²) in [6.45, 7) is 4.54. The summed E-state index contributed by atoms with van der Waals surface area (Å²) >= 11 is 0. The number of aromatic nitrogens is 4. The zero-order chi connectivity index (χ0) is 19.1. The highest BCUT2D eigenvalue weighted by atomic mass is 16.5. The third-order valence-electron chi connectivity index (χ3n) is 4.33. The van der Waals surface area contributed by atoms with Crippen LogP contribution >= 0.6 is 0 Å². The standard InChI is InChI=1S/C19H27N7O/c1-16-13-17(23-19(22-16)26-12-9-21-15-26)24(2)10-6-8-20-14-25-11-5-4-7-18(25)27-3/h4-5,7,9,11-13,15,18,20H,6,8,10,14H2,1-3H3. The molecule has 2 aromatic heterocycles. The lowest BCUT2D eigenvalue weighted by molar-refractivity contribution is 0.0260. The van der Waals surface area contributed by atoms with Gasteiger partial charge < -0.3 is 14.5 Å². The Hall–Kier alpha value is -2.71. The van der Waals surface area contributed by atoms with E-state index in [4.69, 9.17) is 4.74 Å². The highest BCUT2D eigenvalue weighted by molar-refractivity contribution is 5.41. The van der Waals surface area contributed by atoms with Crippen molar-refractivity contribution in [1.29, 1.82) is 0 Å². The number of nitrogens with zero attached hydrogens (tertiary/aromatic N) is 6. The fraction of sp³-hybridized carbons (Fsp3) is 0.421. The molecule has 0 aliphatic carbocycles. The number of anilines is 1. The first kappa shape index (κ1) is 19.1. The normalized spacial score (nSPS) is 16.1. The molecule has 0 bridgehead atoms. The van der Waals surface area contributed by atoms with Gasteiger partial charge >= 0.3 is 0 Å². The average molecular weight is 369 g/mol. The van der Waals surface area contributed by atoms with Gasteiger partial charge in [0.2, 0.25) is 5.95 Å². The second kappa shape index (κ2) is 9.29. The van der Waals surface area contributed by atoms with Gasteiger partial charge in [0.1, 0.15) is 18.4 Å². The molecule has 0 fully saturated rings. The fourth-order valence-electron chi connectivity index (χ4n) is 2.86. The van der Waals surface area contributed by atoms with Crippen LogP contribution in [0.4, 0.5) is 5.82 Å². The molecule has 0 radical (unpaired) electrons.